The topological polar surface area (TPSA) is 102 Å². The maximum absolute atomic E-state index is 12.2. The summed E-state index contributed by atoms with van der Waals surface area (Å²) in [6.45, 7) is 3.68. The van der Waals surface area contributed by atoms with Gasteiger partial charge in [-0.2, -0.15) is 0 Å². The second-order valence-corrected chi connectivity index (χ2v) is 5.93. The first-order valence-corrected chi connectivity index (χ1v) is 9.75. The van der Waals surface area contributed by atoms with Crippen molar-refractivity contribution in [2.75, 3.05) is 6.61 Å². The molecule has 2 rings (SSSR count). The van der Waals surface area contributed by atoms with E-state index < -0.39 is 24.2 Å². The molecule has 0 bridgehead atoms. The third-order valence-electron chi connectivity index (χ3n) is 3.49. The number of carbonyl (C=O) groups excluding carboxylic acids is 3. The van der Waals surface area contributed by atoms with Crippen LogP contribution in [0.15, 0.2) is 24.4 Å². The largest absolute Gasteiger partial charge is 0.466 e. The molecular weight excluding hydrogens is 427 g/mol. The number of hydrogen-bond acceptors (Lipinski definition) is 6. The molecule has 0 saturated carbocycles. The summed E-state index contributed by atoms with van der Waals surface area (Å²) in [6, 6.07) is 4.77. The van der Waals surface area contributed by atoms with Gasteiger partial charge in [0.1, 0.15) is 12.2 Å². The number of aromatic nitrogens is 2. The van der Waals surface area contributed by atoms with Crippen LogP contribution in [0.2, 0.25) is 5.02 Å². The first-order chi connectivity index (χ1) is 13.3. The summed E-state index contributed by atoms with van der Waals surface area (Å²) in [6.07, 6.45) is 1.34. The van der Waals surface area contributed by atoms with E-state index in [2.05, 4.69) is 43.1 Å². The average molecular weight is 447 g/mol. The Hall–Kier alpha value is -2.23. The molecule has 0 aliphatic carbocycles. The molecule has 0 saturated heterocycles. The van der Waals surface area contributed by atoms with E-state index in [1.807, 2.05) is 24.7 Å². The van der Waals surface area contributed by atoms with Gasteiger partial charge in [-0.3, -0.25) is 25.2 Å². The first kappa shape index (κ1) is 23.8. The molecule has 8 nitrogen and oxygen atoms in total. The van der Waals surface area contributed by atoms with Crippen molar-refractivity contribution in [3.8, 4) is 11.3 Å². The number of hydrazine groups is 1. The highest BCUT2D eigenvalue weighted by molar-refractivity contribution is 8.05. The van der Waals surface area contributed by atoms with Crippen LogP contribution in [0, 0.1) is 6.92 Å². The molecule has 2 amide bonds. The number of nitrogens with one attached hydrogen (secondary N) is 2. The maximum atomic E-state index is 12.2. The predicted octanol–water partition coefficient (Wildman–Crippen LogP) is 2.83. The normalized spacial score (nSPS) is 9.79. The van der Waals surface area contributed by atoms with Crippen molar-refractivity contribution >= 4 is 51.9 Å². The van der Waals surface area contributed by atoms with Crippen LogP contribution in [0.1, 0.15) is 29.5 Å². The zero-order valence-electron chi connectivity index (χ0n) is 15.5. The summed E-state index contributed by atoms with van der Waals surface area (Å²) in [5, 5.41) is 0.355. The van der Waals surface area contributed by atoms with E-state index in [1.54, 1.807) is 19.1 Å². The molecular formula is C17H20Cl2N4O4S. The number of ether oxygens (including phenoxy) is 1. The molecule has 11 heteroatoms. The predicted molar refractivity (Wildman–Crippen MR) is 110 cm³/mol. The van der Waals surface area contributed by atoms with Crippen molar-refractivity contribution in [3.63, 3.8) is 0 Å². The number of halogens is 2. The lowest BCUT2D eigenvalue weighted by molar-refractivity contribution is -0.146. The lowest BCUT2D eigenvalue weighted by Crippen LogP contribution is -2.42. The van der Waals surface area contributed by atoms with E-state index in [0.29, 0.717) is 16.3 Å². The molecule has 0 radical (unpaired) electrons. The molecule has 28 heavy (non-hydrogen) atoms. The zero-order valence-corrected chi connectivity index (χ0v) is 17.9. The minimum Gasteiger partial charge on any atom is -0.466 e. The van der Waals surface area contributed by atoms with Gasteiger partial charge in [0.25, 0.3) is 5.91 Å². The Labute approximate surface area is 177 Å². The molecule has 1 aromatic carbocycles. The molecule has 0 aliphatic rings. The Morgan fingerprint density at radius 3 is 2.46 bits per heavy atom. The molecule has 0 fully saturated rings. The van der Waals surface area contributed by atoms with E-state index in [4.69, 9.17) is 11.6 Å². The van der Waals surface area contributed by atoms with Crippen LogP contribution < -0.4 is 10.9 Å². The van der Waals surface area contributed by atoms with Crippen LogP contribution >= 0.6 is 34.1 Å². The van der Waals surface area contributed by atoms with Crippen molar-refractivity contribution in [1.82, 2.24) is 20.4 Å². The number of imidazole rings is 1. The number of hydrogen-bond donors (Lipinski definition) is 3. The standard InChI is InChI=1S/C17H19ClN4O4.ClHS/c1-4-26-16(24)8-15(23)20-21-17(25)12-5-11(6-13(18)7-12)14-9-22(3)10(2)19-14;1-2/h5-7,9H,4,8H2,1-3H3,(H,20,23)(H,21,25);2H. The van der Waals surface area contributed by atoms with Crippen molar-refractivity contribution in [2.24, 2.45) is 7.05 Å². The van der Waals surface area contributed by atoms with Gasteiger partial charge in [-0.1, -0.05) is 23.4 Å². The highest BCUT2D eigenvalue weighted by atomic mass is 35.7. The fourth-order valence-corrected chi connectivity index (χ4v) is 2.39. The number of rotatable bonds is 5. The third kappa shape index (κ3) is 7.06. The van der Waals surface area contributed by atoms with Gasteiger partial charge in [0.15, 0.2) is 0 Å². The molecule has 0 aliphatic heterocycles. The number of aryl methyl sites for hydroxylation is 2. The number of nitrogens with zero attached hydrogens (tertiary/aromatic N) is 2. The fraction of sp³-hybridized carbons (Fsp3) is 0.294. The lowest BCUT2D eigenvalue weighted by atomic mass is 10.1. The van der Waals surface area contributed by atoms with Gasteiger partial charge < -0.3 is 9.30 Å². The van der Waals surface area contributed by atoms with E-state index in [-0.39, 0.29) is 12.2 Å². The van der Waals surface area contributed by atoms with Crippen LogP contribution in [0.4, 0.5) is 0 Å². The summed E-state index contributed by atoms with van der Waals surface area (Å²) in [4.78, 5) is 39.5. The third-order valence-corrected chi connectivity index (χ3v) is 3.71. The van der Waals surface area contributed by atoms with Crippen molar-refractivity contribution < 1.29 is 19.1 Å². The van der Waals surface area contributed by atoms with E-state index in [1.165, 1.54) is 6.07 Å². The lowest BCUT2D eigenvalue weighted by Gasteiger charge is -2.08. The van der Waals surface area contributed by atoms with Gasteiger partial charge in [-0.15, -0.1) is 0 Å². The van der Waals surface area contributed by atoms with Crippen LogP contribution in [0.25, 0.3) is 11.3 Å². The maximum Gasteiger partial charge on any atom is 0.315 e. The minimum absolute atomic E-state index is 0.177. The minimum atomic E-state index is -0.681. The van der Waals surface area contributed by atoms with Gasteiger partial charge in [0, 0.05) is 29.4 Å². The summed E-state index contributed by atoms with van der Waals surface area (Å²) in [5.74, 6) is -1.11. The van der Waals surface area contributed by atoms with Gasteiger partial charge in [0.2, 0.25) is 5.91 Å². The molecule has 0 unspecified atom stereocenters. The molecule has 1 aromatic heterocycles. The second kappa shape index (κ2) is 11.6. The van der Waals surface area contributed by atoms with Crippen molar-refractivity contribution in [1.29, 1.82) is 0 Å². The smallest absolute Gasteiger partial charge is 0.315 e. The monoisotopic (exact) mass is 446 g/mol. The first-order valence-electron chi connectivity index (χ1n) is 8.02. The van der Waals surface area contributed by atoms with E-state index in [0.717, 1.165) is 5.82 Å². The van der Waals surface area contributed by atoms with Crippen LogP contribution in [-0.4, -0.2) is 33.9 Å². The summed E-state index contributed by atoms with van der Waals surface area (Å²) in [5.41, 5.74) is 5.99. The highest BCUT2D eigenvalue weighted by Crippen LogP contribution is 2.24. The second-order valence-electron chi connectivity index (χ2n) is 5.50. The van der Waals surface area contributed by atoms with Gasteiger partial charge >= 0.3 is 5.97 Å². The van der Waals surface area contributed by atoms with Gasteiger partial charge in [0.05, 0.1) is 12.3 Å². The molecule has 2 N–H and O–H groups in total. The summed E-state index contributed by atoms with van der Waals surface area (Å²) < 4.78 is 6.51. The number of benzene rings is 1. The SMILES string of the molecule is CCOC(=O)CC(=O)NNC(=O)c1cc(Cl)cc(-c2cn(C)c(C)n2)c1.SCl. The Kier molecular flexibility index (Phi) is 9.84. The Morgan fingerprint density at radius 1 is 1.21 bits per heavy atom. The number of carbonyl (C=O) groups is 3. The number of amides is 2. The Balaban J connectivity index is 0.00000190. The van der Waals surface area contributed by atoms with Crippen molar-refractivity contribution in [3.05, 3.63) is 40.8 Å². The zero-order chi connectivity index (χ0) is 21.3. The molecule has 0 atom stereocenters. The van der Waals surface area contributed by atoms with Crippen molar-refractivity contribution in [2.45, 2.75) is 20.3 Å². The molecule has 1 heterocycles. The van der Waals surface area contributed by atoms with Crippen LogP contribution in [0.3, 0.4) is 0 Å². The Bertz CT molecular complexity index is 838. The van der Waals surface area contributed by atoms with E-state index >= 15 is 0 Å². The quantitative estimate of drug-likeness (QED) is 0.283. The summed E-state index contributed by atoms with van der Waals surface area (Å²) in [7, 11) is 6.20. The molecule has 152 valence electrons. The van der Waals surface area contributed by atoms with Crippen LogP contribution in [0.5, 0.6) is 0 Å². The fourth-order valence-electron chi connectivity index (χ4n) is 2.15. The van der Waals surface area contributed by atoms with Crippen LogP contribution in [-0.2, 0) is 21.4 Å². The number of thiol groups is 1. The number of esters is 1. The van der Waals surface area contributed by atoms with E-state index in [9.17, 15) is 14.4 Å². The molecule has 2 aromatic rings. The van der Waals surface area contributed by atoms with Gasteiger partial charge in [-0.25, -0.2) is 4.98 Å². The summed E-state index contributed by atoms with van der Waals surface area (Å²) >= 11 is 9.09. The molecule has 0 spiro atoms. The highest BCUT2D eigenvalue weighted by Gasteiger charge is 2.14. The Morgan fingerprint density at radius 2 is 1.89 bits per heavy atom. The average Bonchev–Trinajstić information content (AvgIpc) is 3.00. The van der Waals surface area contributed by atoms with Gasteiger partial charge in [-0.05, 0) is 42.7 Å².